The summed E-state index contributed by atoms with van der Waals surface area (Å²) in [6.07, 6.45) is -0.431. The Morgan fingerprint density at radius 3 is 1.05 bits per heavy atom. The number of methoxy groups -OCH3 is 2. The second-order valence-electron chi connectivity index (χ2n) is 18.2. The summed E-state index contributed by atoms with van der Waals surface area (Å²) in [7, 11) is 3.27. The third-order valence-corrected chi connectivity index (χ3v) is 12.0. The summed E-state index contributed by atoms with van der Waals surface area (Å²) in [5.74, 6) is -0.288. The number of hydrogen-bond acceptors (Lipinski definition) is 22. The molecular formula is C60H97NO22. The van der Waals surface area contributed by atoms with E-state index < -0.39 is 6.10 Å². The number of benzene rings is 4. The van der Waals surface area contributed by atoms with Crippen LogP contribution in [0.4, 0.5) is 0 Å². The minimum absolute atomic E-state index is 0.128. The van der Waals surface area contributed by atoms with Gasteiger partial charge in [0.05, 0.1) is 257 Å². The van der Waals surface area contributed by atoms with Crippen molar-refractivity contribution in [3.05, 3.63) is 60.2 Å². The maximum absolute atomic E-state index is 12.6. The first-order chi connectivity index (χ1) is 41.2. The van der Waals surface area contributed by atoms with Gasteiger partial charge in [-0.25, -0.2) is 0 Å². The lowest BCUT2D eigenvalue weighted by atomic mass is 9.92. The van der Waals surface area contributed by atoms with E-state index in [2.05, 4.69) is 59.9 Å². The first-order valence-corrected chi connectivity index (χ1v) is 29.1. The van der Waals surface area contributed by atoms with E-state index in [1.54, 1.807) is 14.2 Å². The standard InChI is InChI=1S/C60H97NO22/c1-63-12-14-65-16-18-67-20-22-69-25-28-73-33-36-77-41-44-81-50-56(83-47-46-79-39-38-75-31-30-70-23-21-68-19-17-66-15-13-64-2)48-61-58(62)51-82-45-42-78-37-34-74-29-26-71-24-27-72-32-35-76-40-43-80-49-55-9-8-54-7-6-52-4-3-5-53-10-11-57(55)60(54)59(52)53/h3-11,56H,12-51H2,1-2H3,(H,61,62). The molecule has 0 saturated heterocycles. The fourth-order valence-electron chi connectivity index (χ4n) is 7.78. The fourth-order valence-corrected chi connectivity index (χ4v) is 7.78. The minimum atomic E-state index is -0.431. The maximum Gasteiger partial charge on any atom is 0.246 e. The number of ether oxygens (including phenoxy) is 21. The Morgan fingerprint density at radius 2 is 0.651 bits per heavy atom. The van der Waals surface area contributed by atoms with E-state index >= 15 is 0 Å². The first kappa shape index (κ1) is 72.0. The third kappa shape index (κ3) is 37.0. The predicted molar refractivity (Wildman–Crippen MR) is 310 cm³/mol. The minimum Gasteiger partial charge on any atom is -0.382 e. The quantitative estimate of drug-likeness (QED) is 0.0484. The van der Waals surface area contributed by atoms with E-state index in [0.717, 1.165) is 0 Å². The SMILES string of the molecule is COCCOCCOCCOCCOCCOCCOCC(CNC(=O)COCCOCCOCCOCCOCCOCCOCc1ccc2ccc3cccc4ccc1c2c34)OCCOCCOCCOCCOCCOCCOC. The molecular weight excluding hydrogens is 1090 g/mol. The molecule has 1 unspecified atom stereocenters. The van der Waals surface area contributed by atoms with Crippen LogP contribution in [-0.4, -0.2) is 284 Å². The van der Waals surface area contributed by atoms with Crippen molar-refractivity contribution < 1.29 is 104 Å². The first-order valence-electron chi connectivity index (χ1n) is 29.1. The molecule has 4 rings (SSSR count). The van der Waals surface area contributed by atoms with Crippen LogP contribution in [0, 0.1) is 0 Å². The van der Waals surface area contributed by atoms with E-state index in [-0.39, 0.29) is 32.3 Å². The molecule has 1 amide bonds. The van der Waals surface area contributed by atoms with Crippen molar-refractivity contribution in [2.45, 2.75) is 12.7 Å². The Kier molecular flexibility index (Phi) is 45.9. The smallest absolute Gasteiger partial charge is 0.246 e. The average molecular weight is 1180 g/mol. The molecule has 0 bridgehead atoms. The predicted octanol–water partition coefficient (Wildman–Crippen LogP) is 4.18. The highest BCUT2D eigenvalue weighted by Crippen LogP contribution is 2.36. The van der Waals surface area contributed by atoms with E-state index in [1.165, 1.54) is 37.9 Å². The van der Waals surface area contributed by atoms with Crippen LogP contribution >= 0.6 is 0 Å². The van der Waals surface area contributed by atoms with Crippen LogP contribution in [0.3, 0.4) is 0 Å². The molecule has 0 aromatic heterocycles. The van der Waals surface area contributed by atoms with Crippen LogP contribution in [0.25, 0.3) is 32.3 Å². The van der Waals surface area contributed by atoms with Gasteiger partial charge in [0.2, 0.25) is 5.91 Å². The highest BCUT2D eigenvalue weighted by atomic mass is 16.6. The molecule has 0 aliphatic carbocycles. The second-order valence-corrected chi connectivity index (χ2v) is 18.2. The Hall–Kier alpha value is -3.45. The molecule has 4 aromatic rings. The molecule has 1 N–H and O–H groups in total. The zero-order valence-electron chi connectivity index (χ0n) is 49.5. The Morgan fingerprint density at radius 1 is 0.337 bits per heavy atom. The largest absolute Gasteiger partial charge is 0.382 e. The summed E-state index contributed by atoms with van der Waals surface area (Å²) in [6, 6.07) is 19.6. The van der Waals surface area contributed by atoms with Gasteiger partial charge in [0, 0.05) is 20.8 Å². The number of carbonyl (C=O) groups excluding carboxylic acids is 1. The molecule has 4 aromatic carbocycles. The number of amides is 1. The number of carbonyl (C=O) groups is 1. The zero-order chi connectivity index (χ0) is 58.4. The van der Waals surface area contributed by atoms with E-state index in [0.29, 0.717) is 238 Å². The molecule has 1 atom stereocenters. The number of rotatable bonds is 63. The van der Waals surface area contributed by atoms with Crippen molar-refractivity contribution in [1.82, 2.24) is 5.32 Å². The van der Waals surface area contributed by atoms with Gasteiger partial charge in [-0.05, 0) is 37.9 Å². The van der Waals surface area contributed by atoms with Gasteiger partial charge in [-0.1, -0.05) is 54.6 Å². The summed E-state index contributed by atoms with van der Waals surface area (Å²) in [4.78, 5) is 12.6. The molecule has 0 fully saturated rings. The van der Waals surface area contributed by atoms with Crippen molar-refractivity contribution in [1.29, 1.82) is 0 Å². The van der Waals surface area contributed by atoms with Gasteiger partial charge < -0.3 is 105 Å². The normalized spacial score (nSPS) is 12.3. The Balaban J connectivity index is 0.915. The summed E-state index contributed by atoms with van der Waals surface area (Å²) in [5, 5.41) is 10.5. The highest BCUT2D eigenvalue weighted by Gasteiger charge is 2.14. The topological polar surface area (TPSA) is 223 Å². The van der Waals surface area contributed by atoms with Gasteiger partial charge >= 0.3 is 0 Å². The summed E-state index contributed by atoms with van der Waals surface area (Å²) in [6.45, 7) is 17.0. The van der Waals surface area contributed by atoms with Crippen molar-refractivity contribution >= 4 is 38.2 Å². The van der Waals surface area contributed by atoms with Crippen molar-refractivity contribution in [3.8, 4) is 0 Å². The molecule has 23 heteroatoms. The lowest BCUT2D eigenvalue weighted by molar-refractivity contribution is -0.127. The molecule has 0 aliphatic heterocycles. The third-order valence-electron chi connectivity index (χ3n) is 12.0. The van der Waals surface area contributed by atoms with Crippen LogP contribution in [-0.2, 0) is 111 Å². The molecule has 0 radical (unpaired) electrons. The molecule has 0 spiro atoms. The van der Waals surface area contributed by atoms with Gasteiger partial charge in [0.25, 0.3) is 0 Å². The fraction of sp³-hybridized carbons (Fsp3) is 0.717. The van der Waals surface area contributed by atoms with Crippen LogP contribution < -0.4 is 5.32 Å². The maximum atomic E-state index is 12.6. The van der Waals surface area contributed by atoms with Gasteiger partial charge in [0.1, 0.15) is 6.61 Å². The van der Waals surface area contributed by atoms with Crippen LogP contribution in [0.15, 0.2) is 54.6 Å². The zero-order valence-corrected chi connectivity index (χ0v) is 49.5. The second kappa shape index (κ2) is 52.8. The van der Waals surface area contributed by atoms with Crippen LogP contribution in [0.2, 0.25) is 0 Å². The molecule has 0 aliphatic rings. The number of nitrogens with one attached hydrogen (secondary N) is 1. The van der Waals surface area contributed by atoms with E-state index in [9.17, 15) is 4.79 Å². The lowest BCUT2D eigenvalue weighted by Gasteiger charge is -2.19. The van der Waals surface area contributed by atoms with Crippen LogP contribution in [0.1, 0.15) is 5.56 Å². The monoisotopic (exact) mass is 1180 g/mol. The summed E-state index contributed by atoms with van der Waals surface area (Å²) in [5.41, 5.74) is 1.18. The summed E-state index contributed by atoms with van der Waals surface area (Å²) < 4.78 is 116. The Labute approximate surface area is 491 Å². The molecule has 474 valence electrons. The average Bonchev–Trinajstić information content (AvgIpc) is 3.65. The van der Waals surface area contributed by atoms with Crippen molar-refractivity contribution in [2.75, 3.05) is 272 Å². The number of hydrogen-bond donors (Lipinski definition) is 1. The molecule has 23 nitrogen and oxygen atoms in total. The molecule has 0 heterocycles. The van der Waals surface area contributed by atoms with Crippen molar-refractivity contribution in [3.63, 3.8) is 0 Å². The van der Waals surface area contributed by atoms with Crippen LogP contribution in [0.5, 0.6) is 0 Å². The highest BCUT2D eigenvalue weighted by molar-refractivity contribution is 6.23. The van der Waals surface area contributed by atoms with Gasteiger partial charge in [-0.15, -0.1) is 0 Å². The lowest BCUT2D eigenvalue weighted by Crippen LogP contribution is -2.39. The molecule has 0 saturated carbocycles. The van der Waals surface area contributed by atoms with Gasteiger partial charge in [-0.3, -0.25) is 4.79 Å². The van der Waals surface area contributed by atoms with Gasteiger partial charge in [0.15, 0.2) is 0 Å². The summed E-state index contributed by atoms with van der Waals surface area (Å²) >= 11 is 0. The Bertz CT molecular complexity index is 2060. The van der Waals surface area contributed by atoms with E-state index in [1.807, 2.05) is 0 Å². The van der Waals surface area contributed by atoms with Gasteiger partial charge in [-0.2, -0.15) is 0 Å². The molecule has 83 heavy (non-hydrogen) atoms. The van der Waals surface area contributed by atoms with E-state index in [4.69, 9.17) is 99.5 Å². The van der Waals surface area contributed by atoms with Crippen molar-refractivity contribution in [2.24, 2.45) is 0 Å².